The summed E-state index contributed by atoms with van der Waals surface area (Å²) in [7, 11) is 2.88. The van der Waals surface area contributed by atoms with Gasteiger partial charge in [-0.05, 0) is 172 Å². The van der Waals surface area contributed by atoms with Crippen LogP contribution in [0, 0.1) is 11.8 Å². The summed E-state index contributed by atoms with van der Waals surface area (Å²) in [5.41, 5.74) is 8.27. The summed E-state index contributed by atoms with van der Waals surface area (Å²) in [4.78, 5) is 24.2. The van der Waals surface area contributed by atoms with Gasteiger partial charge in [0, 0.05) is 10.8 Å². The highest BCUT2D eigenvalue weighted by Gasteiger charge is 2.51. The molecule has 0 bridgehead atoms. The maximum Gasteiger partial charge on any atom is 0.337 e. The van der Waals surface area contributed by atoms with Crippen molar-refractivity contribution < 1.29 is 29.3 Å². The second-order valence-corrected chi connectivity index (χ2v) is 18.1. The van der Waals surface area contributed by atoms with Gasteiger partial charge in [-0.1, -0.05) is 86.6 Å². The molecule has 0 radical (unpaired) electrons. The van der Waals surface area contributed by atoms with E-state index in [2.05, 4.69) is 98.8 Å². The van der Waals surface area contributed by atoms with Crippen LogP contribution in [0.25, 0.3) is 0 Å². The monoisotopic (exact) mass is 784 g/mol. The number of benzene rings is 4. The number of carbonyl (C=O) groups is 2. The van der Waals surface area contributed by atoms with E-state index in [1.54, 1.807) is 0 Å². The molecule has 308 valence electrons. The molecule has 6 atom stereocenters. The summed E-state index contributed by atoms with van der Waals surface area (Å²) < 4.78 is 9.91. The lowest BCUT2D eigenvalue weighted by Gasteiger charge is -2.50. The van der Waals surface area contributed by atoms with Crippen LogP contribution in [-0.4, -0.2) is 47.6 Å². The quantitative estimate of drug-likeness (QED) is 0.173. The molecule has 0 aromatic heterocycles. The molecule has 0 heterocycles. The molecular weight excluding hydrogens is 721 g/mol. The Morgan fingerprint density at radius 2 is 0.983 bits per heavy atom. The van der Waals surface area contributed by atoms with E-state index in [-0.39, 0.29) is 22.8 Å². The molecule has 6 heteroatoms. The number of methoxy groups -OCH3 is 2. The van der Waals surface area contributed by atoms with Crippen molar-refractivity contribution in [1.29, 1.82) is 0 Å². The standard InChI is InChI=1S/2C26H32O3/c2*1-3-25(28)14-15-26(17-19-8-5-4-6-9-19)22(18-25)11-7-10-20-16-21(24(27)29-2)12-13-23(20)26/h2*4-6,8-9,12-13,16,22,28H,3,7,10-11,14-15,17-18H2,1-2H3/t2*22-,25+,26-/m10/s1. The molecule has 0 amide bonds. The smallest absolute Gasteiger partial charge is 0.337 e. The van der Waals surface area contributed by atoms with E-state index in [0.29, 0.717) is 23.0 Å². The van der Waals surface area contributed by atoms with Crippen molar-refractivity contribution in [3.05, 3.63) is 142 Å². The molecular formula is C52H64O6. The Labute approximate surface area is 346 Å². The molecule has 8 rings (SSSR count). The molecule has 0 spiro atoms. The lowest BCUT2D eigenvalue weighted by molar-refractivity contribution is -0.0500. The van der Waals surface area contributed by atoms with Gasteiger partial charge in [-0.2, -0.15) is 0 Å². The summed E-state index contributed by atoms with van der Waals surface area (Å²) in [6.07, 6.45) is 15.4. The van der Waals surface area contributed by atoms with Gasteiger partial charge in [0.1, 0.15) is 0 Å². The minimum Gasteiger partial charge on any atom is -0.465 e. The van der Waals surface area contributed by atoms with E-state index < -0.39 is 11.2 Å². The Kier molecular flexibility index (Phi) is 12.7. The number of aliphatic hydroxyl groups is 2. The normalized spacial score (nSPS) is 28.7. The van der Waals surface area contributed by atoms with E-state index in [4.69, 9.17) is 9.47 Å². The van der Waals surface area contributed by atoms with Gasteiger partial charge in [0.15, 0.2) is 0 Å². The summed E-state index contributed by atoms with van der Waals surface area (Å²) >= 11 is 0. The van der Waals surface area contributed by atoms with Crippen LogP contribution in [0.4, 0.5) is 0 Å². The van der Waals surface area contributed by atoms with E-state index in [9.17, 15) is 19.8 Å². The minimum atomic E-state index is -0.540. The molecule has 2 saturated carbocycles. The molecule has 4 aliphatic rings. The van der Waals surface area contributed by atoms with Gasteiger partial charge in [0.05, 0.1) is 36.5 Å². The SMILES string of the molecule is CC[C@@]1(O)CC[C@@]2(Cc3ccccc3)c3ccc(C(=O)OC)cc3CCC[C@H]2C1.CC[C@]1(O)CC[C@]2(Cc3ccccc3)c3ccc(C(=O)OC)cc3CCC[C@@H]2C1. The fourth-order valence-electron chi connectivity index (χ4n) is 11.7. The summed E-state index contributed by atoms with van der Waals surface area (Å²) in [5.74, 6) is 0.364. The fourth-order valence-corrected chi connectivity index (χ4v) is 11.7. The number of ether oxygens (including phenoxy) is 2. The average molecular weight is 785 g/mol. The Balaban J connectivity index is 0.000000177. The largest absolute Gasteiger partial charge is 0.465 e. The molecule has 0 unspecified atom stereocenters. The second kappa shape index (κ2) is 17.5. The zero-order valence-electron chi connectivity index (χ0n) is 35.2. The molecule has 4 aromatic rings. The van der Waals surface area contributed by atoms with E-state index in [1.807, 2.05) is 12.1 Å². The van der Waals surface area contributed by atoms with Crippen LogP contribution in [-0.2, 0) is 46.0 Å². The number of rotatable bonds is 8. The lowest BCUT2D eigenvalue weighted by Crippen LogP contribution is -2.48. The van der Waals surface area contributed by atoms with Crippen LogP contribution in [0.2, 0.25) is 0 Å². The molecule has 2 fully saturated rings. The first kappa shape index (κ1) is 41.9. The summed E-state index contributed by atoms with van der Waals surface area (Å²) in [6.45, 7) is 4.22. The van der Waals surface area contributed by atoms with Crippen molar-refractivity contribution in [2.45, 2.75) is 139 Å². The first-order chi connectivity index (χ1) is 28.0. The Hall–Kier alpha value is -4.26. The number of aryl methyl sites for hydroxylation is 2. The molecule has 6 nitrogen and oxygen atoms in total. The minimum absolute atomic E-state index is 0.0171. The highest BCUT2D eigenvalue weighted by Crippen LogP contribution is 2.55. The van der Waals surface area contributed by atoms with Crippen molar-refractivity contribution in [3.8, 4) is 0 Å². The van der Waals surface area contributed by atoms with Crippen molar-refractivity contribution in [1.82, 2.24) is 0 Å². The Morgan fingerprint density at radius 1 is 0.586 bits per heavy atom. The Morgan fingerprint density at radius 3 is 1.34 bits per heavy atom. The third-order valence-corrected chi connectivity index (χ3v) is 15.1. The van der Waals surface area contributed by atoms with Gasteiger partial charge in [0.25, 0.3) is 0 Å². The van der Waals surface area contributed by atoms with Crippen molar-refractivity contribution >= 4 is 11.9 Å². The topological polar surface area (TPSA) is 93.1 Å². The van der Waals surface area contributed by atoms with Crippen molar-refractivity contribution in [3.63, 3.8) is 0 Å². The molecule has 58 heavy (non-hydrogen) atoms. The van der Waals surface area contributed by atoms with Crippen molar-refractivity contribution in [2.75, 3.05) is 14.2 Å². The van der Waals surface area contributed by atoms with E-state index in [1.165, 1.54) is 47.6 Å². The third-order valence-electron chi connectivity index (χ3n) is 15.1. The van der Waals surface area contributed by atoms with Crippen LogP contribution in [0.1, 0.15) is 145 Å². The van der Waals surface area contributed by atoms with Gasteiger partial charge in [-0.3, -0.25) is 0 Å². The van der Waals surface area contributed by atoms with Crippen LogP contribution >= 0.6 is 0 Å². The third kappa shape index (κ3) is 8.43. The van der Waals surface area contributed by atoms with Crippen LogP contribution in [0.15, 0.2) is 97.1 Å². The number of fused-ring (bicyclic) bond motifs is 6. The highest BCUT2D eigenvalue weighted by molar-refractivity contribution is 5.90. The fraction of sp³-hybridized carbons (Fsp3) is 0.500. The van der Waals surface area contributed by atoms with Crippen molar-refractivity contribution in [2.24, 2.45) is 11.8 Å². The van der Waals surface area contributed by atoms with Crippen LogP contribution in [0.3, 0.4) is 0 Å². The number of hydrogen-bond donors (Lipinski definition) is 2. The van der Waals surface area contributed by atoms with Gasteiger partial charge in [0.2, 0.25) is 0 Å². The average Bonchev–Trinajstić information content (AvgIpc) is 3.50. The van der Waals surface area contributed by atoms with Gasteiger partial charge in [-0.15, -0.1) is 0 Å². The lowest BCUT2D eigenvalue weighted by atomic mass is 9.55. The summed E-state index contributed by atoms with van der Waals surface area (Å²) in [5, 5.41) is 22.3. The predicted octanol–water partition coefficient (Wildman–Crippen LogP) is 10.5. The van der Waals surface area contributed by atoms with E-state index >= 15 is 0 Å². The Bertz CT molecular complexity index is 1900. The first-order valence-electron chi connectivity index (χ1n) is 22.0. The number of carbonyl (C=O) groups excluding carboxylic acids is 2. The molecule has 2 N–H and O–H groups in total. The molecule has 4 aliphatic carbocycles. The first-order valence-corrected chi connectivity index (χ1v) is 22.0. The van der Waals surface area contributed by atoms with Gasteiger partial charge < -0.3 is 19.7 Å². The molecule has 0 saturated heterocycles. The maximum atomic E-state index is 12.1. The van der Waals surface area contributed by atoms with E-state index in [0.717, 1.165) is 103 Å². The zero-order chi connectivity index (χ0) is 41.0. The highest BCUT2D eigenvalue weighted by atomic mass is 16.5. The van der Waals surface area contributed by atoms with Crippen LogP contribution in [0.5, 0.6) is 0 Å². The molecule has 4 aromatic carbocycles. The molecule has 0 aliphatic heterocycles. The second-order valence-electron chi connectivity index (χ2n) is 18.1. The number of esters is 2. The van der Waals surface area contributed by atoms with Crippen LogP contribution < -0.4 is 0 Å². The van der Waals surface area contributed by atoms with Gasteiger partial charge >= 0.3 is 11.9 Å². The predicted molar refractivity (Wildman–Crippen MR) is 230 cm³/mol. The van der Waals surface area contributed by atoms with Gasteiger partial charge in [-0.25, -0.2) is 9.59 Å². The number of hydrogen-bond acceptors (Lipinski definition) is 6. The zero-order valence-corrected chi connectivity index (χ0v) is 35.2. The maximum absolute atomic E-state index is 12.1. The summed E-state index contributed by atoms with van der Waals surface area (Å²) in [6, 6.07) is 33.8.